The van der Waals surface area contributed by atoms with Gasteiger partial charge in [-0.3, -0.25) is 0 Å². The number of ether oxygens (including phenoxy) is 1. The van der Waals surface area contributed by atoms with Crippen molar-refractivity contribution in [1.82, 2.24) is 0 Å². The minimum atomic E-state index is -1.74. The molecule has 0 fully saturated rings. The molecule has 0 aliphatic heterocycles. The predicted octanol–water partition coefficient (Wildman–Crippen LogP) is 5.83. The molecule has 0 amide bonds. The zero-order chi connectivity index (χ0) is 29.3. The van der Waals surface area contributed by atoms with Gasteiger partial charge in [-0.05, 0) is 12.8 Å². The van der Waals surface area contributed by atoms with Crippen LogP contribution in [0.1, 0.15) is 115 Å². The zero-order valence-electron chi connectivity index (χ0n) is 24.8. The Balaban J connectivity index is 0.000000448. The van der Waals surface area contributed by atoms with Crippen LogP contribution in [0.4, 0.5) is 0 Å². The summed E-state index contributed by atoms with van der Waals surface area (Å²) in [6, 6.07) is 21.7. The maximum absolute atomic E-state index is 11.6. The third-order valence-corrected chi connectivity index (χ3v) is 10.7. The summed E-state index contributed by atoms with van der Waals surface area (Å²) in [4.78, 5) is 22.6. The fraction of sp³-hybridized carbons (Fsp3) is 0.588. The van der Waals surface area contributed by atoms with Gasteiger partial charge >= 0.3 is 102 Å². The first-order valence-corrected chi connectivity index (χ1v) is 19.3. The second-order valence-electron chi connectivity index (χ2n) is 10.5. The first-order valence-electron chi connectivity index (χ1n) is 15.3. The van der Waals surface area contributed by atoms with Crippen LogP contribution in [0.15, 0.2) is 60.7 Å². The van der Waals surface area contributed by atoms with Crippen molar-refractivity contribution in [1.29, 1.82) is 0 Å². The van der Waals surface area contributed by atoms with E-state index in [0.29, 0.717) is 6.42 Å². The van der Waals surface area contributed by atoms with Crippen molar-refractivity contribution in [3.63, 3.8) is 0 Å². The van der Waals surface area contributed by atoms with E-state index in [2.05, 4.69) is 74.5 Å². The number of carboxylic acids is 2. The van der Waals surface area contributed by atoms with Crippen molar-refractivity contribution >= 4 is 33.1 Å². The molecule has 220 valence electrons. The standard InChI is InChI=1S/C20H38O5.2C7H7.Sn/c1-3-5-7-9-11-13-15-20(19(23)24,17-18(21)22)25-16-14-12-10-8-6-4-2;2*1-7-5-3-2-4-6-7;/h3-17H2,1-2H3,(H,21,22)(H,23,24);2*2-6H,1H2;/q;;;+2/p-2. The van der Waals surface area contributed by atoms with Gasteiger partial charge in [-0.25, -0.2) is 0 Å². The van der Waals surface area contributed by atoms with E-state index in [1.807, 2.05) is 0 Å². The minimum absolute atomic E-state index is 0.172. The van der Waals surface area contributed by atoms with Gasteiger partial charge in [0.1, 0.15) is 5.60 Å². The summed E-state index contributed by atoms with van der Waals surface area (Å²) in [6.07, 6.45) is 11.8. The summed E-state index contributed by atoms with van der Waals surface area (Å²) >= 11 is -0.258. The average molecular weight is 657 g/mol. The van der Waals surface area contributed by atoms with Crippen molar-refractivity contribution in [2.24, 2.45) is 0 Å². The molecule has 0 spiro atoms. The topological polar surface area (TPSA) is 89.5 Å². The van der Waals surface area contributed by atoms with Gasteiger partial charge in [0.2, 0.25) is 0 Å². The molecule has 40 heavy (non-hydrogen) atoms. The quantitative estimate of drug-likeness (QED) is 0.117. The van der Waals surface area contributed by atoms with E-state index < -0.39 is 24.0 Å². The first kappa shape index (κ1) is 36.2. The first-order chi connectivity index (χ1) is 19.4. The summed E-state index contributed by atoms with van der Waals surface area (Å²) in [6.45, 7) is 4.54. The van der Waals surface area contributed by atoms with Crippen LogP contribution in [0.3, 0.4) is 0 Å². The Kier molecular flexibility index (Phi) is 21.5. The Hall–Kier alpha value is -1.86. The van der Waals surface area contributed by atoms with Crippen LogP contribution < -0.4 is 10.2 Å². The molecule has 0 N–H and O–H groups in total. The summed E-state index contributed by atoms with van der Waals surface area (Å²) in [5.41, 5.74) is 1.28. The van der Waals surface area contributed by atoms with Crippen LogP contribution >= 0.6 is 0 Å². The zero-order valence-corrected chi connectivity index (χ0v) is 27.7. The molecule has 5 nitrogen and oxygen atoms in total. The number of carboxylic acid groups (broad SMARTS) is 2. The second-order valence-corrected chi connectivity index (χ2v) is 14.0. The molecule has 2 aromatic carbocycles. The summed E-state index contributed by atoms with van der Waals surface area (Å²) < 4.78 is 8.25. The Morgan fingerprint density at radius 2 is 1.12 bits per heavy atom. The molecule has 0 bridgehead atoms. The van der Waals surface area contributed by atoms with Gasteiger partial charge in [-0.15, -0.1) is 0 Å². The fourth-order valence-corrected chi connectivity index (χ4v) is 7.91. The molecule has 0 aromatic heterocycles. The Morgan fingerprint density at radius 3 is 1.57 bits per heavy atom. The number of carbonyl (C=O) groups excluding carboxylic acids is 2. The van der Waals surface area contributed by atoms with Crippen LogP contribution in [0, 0.1) is 0 Å². The summed E-state index contributed by atoms with van der Waals surface area (Å²) in [5, 5.41) is 22.6. The van der Waals surface area contributed by atoms with E-state index in [4.69, 9.17) is 4.74 Å². The molecule has 0 saturated heterocycles. The summed E-state index contributed by atoms with van der Waals surface area (Å²) in [5.74, 6) is -2.84. The molecule has 0 aliphatic carbocycles. The van der Waals surface area contributed by atoms with Gasteiger partial charge in [0.05, 0.1) is 5.97 Å². The molecular weight excluding hydrogens is 607 g/mol. The van der Waals surface area contributed by atoms with Crippen LogP contribution in [0.25, 0.3) is 0 Å². The molecule has 2 rings (SSSR count). The van der Waals surface area contributed by atoms with E-state index in [1.54, 1.807) is 0 Å². The van der Waals surface area contributed by atoms with Crippen LogP contribution in [-0.2, 0) is 23.2 Å². The Morgan fingerprint density at radius 1 is 0.675 bits per heavy atom. The van der Waals surface area contributed by atoms with Crippen molar-refractivity contribution in [2.45, 2.75) is 118 Å². The van der Waals surface area contributed by atoms with E-state index in [0.717, 1.165) is 44.9 Å². The van der Waals surface area contributed by atoms with Crippen LogP contribution in [0.5, 0.6) is 0 Å². The van der Waals surface area contributed by atoms with Crippen molar-refractivity contribution in [3.05, 3.63) is 71.8 Å². The number of hydrogen-bond donors (Lipinski definition) is 0. The second kappa shape index (κ2) is 23.8. The van der Waals surface area contributed by atoms with Gasteiger partial charge in [0, 0.05) is 19.0 Å². The van der Waals surface area contributed by atoms with Crippen LogP contribution in [0.2, 0.25) is 0 Å². The molecule has 1 atom stereocenters. The van der Waals surface area contributed by atoms with E-state index in [9.17, 15) is 19.8 Å². The van der Waals surface area contributed by atoms with Gasteiger partial charge in [-0.2, -0.15) is 0 Å². The third-order valence-electron chi connectivity index (χ3n) is 6.96. The molecule has 0 heterocycles. The molecular formula is C34H50O5Sn. The molecule has 0 radical (unpaired) electrons. The van der Waals surface area contributed by atoms with Crippen molar-refractivity contribution in [3.8, 4) is 0 Å². The van der Waals surface area contributed by atoms with E-state index in [-0.39, 0.29) is 34.2 Å². The predicted molar refractivity (Wildman–Crippen MR) is 161 cm³/mol. The normalized spacial score (nSPS) is 12.1. The van der Waals surface area contributed by atoms with Gasteiger partial charge < -0.3 is 24.5 Å². The van der Waals surface area contributed by atoms with Crippen LogP contribution in [-0.4, -0.2) is 45.3 Å². The number of benzene rings is 2. The molecule has 0 aliphatic rings. The maximum atomic E-state index is 11.6. The molecule has 6 heteroatoms. The third kappa shape index (κ3) is 17.7. The Labute approximate surface area is 253 Å². The summed E-state index contributed by atoms with van der Waals surface area (Å²) in [7, 11) is 0. The fourth-order valence-electron chi connectivity index (χ4n) is 4.56. The molecule has 2 aromatic rings. The Bertz CT molecular complexity index is 850. The SMILES string of the molecule is CCCCCCCCOC(CCCCCCCC)(CC(=O)[O-])C(=O)[O-].c1ccc([CH2][Sn+2][CH2]c2ccccc2)cc1. The number of aliphatic carboxylic acids is 2. The van der Waals surface area contributed by atoms with Gasteiger partial charge in [0.15, 0.2) is 0 Å². The average Bonchev–Trinajstić information content (AvgIpc) is 2.95. The number of rotatable bonds is 22. The number of unbranched alkanes of at least 4 members (excludes halogenated alkanes) is 10. The van der Waals surface area contributed by atoms with Gasteiger partial charge in [-0.1, -0.05) is 84.5 Å². The molecule has 1 unspecified atom stereocenters. The van der Waals surface area contributed by atoms with E-state index in [1.165, 1.54) is 45.7 Å². The number of carbonyl (C=O) groups is 2. The van der Waals surface area contributed by atoms with Gasteiger partial charge in [0.25, 0.3) is 0 Å². The van der Waals surface area contributed by atoms with E-state index >= 15 is 0 Å². The number of hydrogen-bond acceptors (Lipinski definition) is 5. The molecule has 0 saturated carbocycles. The van der Waals surface area contributed by atoms with Crippen molar-refractivity contribution in [2.75, 3.05) is 6.61 Å². The van der Waals surface area contributed by atoms with Crippen molar-refractivity contribution < 1.29 is 24.5 Å². The monoisotopic (exact) mass is 658 g/mol.